The average molecular weight is 369 g/mol. The Balaban J connectivity index is 1.81. The van der Waals surface area contributed by atoms with Crippen LogP contribution in [0.15, 0.2) is 42.6 Å². The lowest BCUT2D eigenvalue weighted by molar-refractivity contribution is -0.384. The number of nitro groups is 1. The molecule has 1 aliphatic heterocycles. The summed E-state index contributed by atoms with van der Waals surface area (Å²) in [5.74, 6) is 0.0995. The molecule has 1 fully saturated rings. The highest BCUT2D eigenvalue weighted by atomic mass is 16.6. The number of carbonyl (C=O) groups excluding carboxylic acids is 1. The van der Waals surface area contributed by atoms with Crippen molar-refractivity contribution in [1.82, 2.24) is 9.88 Å². The summed E-state index contributed by atoms with van der Waals surface area (Å²) in [6.45, 7) is 3.64. The van der Waals surface area contributed by atoms with E-state index in [9.17, 15) is 14.9 Å². The molecule has 8 nitrogen and oxygen atoms in total. The third-order valence-electron chi connectivity index (χ3n) is 4.85. The predicted octanol–water partition coefficient (Wildman–Crippen LogP) is 2.58. The molecular formula is C19H23N5O3. The van der Waals surface area contributed by atoms with Gasteiger partial charge in [0, 0.05) is 30.9 Å². The van der Waals surface area contributed by atoms with E-state index in [2.05, 4.69) is 10.3 Å². The minimum Gasteiger partial charge on any atom is -0.371 e. The van der Waals surface area contributed by atoms with Crippen molar-refractivity contribution in [1.29, 1.82) is 0 Å². The molecule has 0 radical (unpaired) electrons. The van der Waals surface area contributed by atoms with Crippen LogP contribution in [-0.2, 0) is 0 Å². The normalized spacial score (nSPS) is 17.6. The van der Waals surface area contributed by atoms with Crippen LogP contribution >= 0.6 is 0 Å². The smallest absolute Gasteiger partial charge is 0.293 e. The van der Waals surface area contributed by atoms with Gasteiger partial charge >= 0.3 is 0 Å². The molecular weight excluding hydrogens is 346 g/mol. The Bertz CT molecular complexity index is 827. The predicted molar refractivity (Wildman–Crippen MR) is 102 cm³/mol. The summed E-state index contributed by atoms with van der Waals surface area (Å²) in [6.07, 6.45) is 2.54. The van der Waals surface area contributed by atoms with E-state index in [1.165, 1.54) is 6.07 Å². The molecule has 3 N–H and O–H groups in total. The molecule has 8 heteroatoms. The van der Waals surface area contributed by atoms with Crippen molar-refractivity contribution in [2.75, 3.05) is 25.0 Å². The van der Waals surface area contributed by atoms with Crippen molar-refractivity contribution < 1.29 is 9.72 Å². The number of nitrogens with one attached hydrogen (secondary N) is 1. The van der Waals surface area contributed by atoms with Gasteiger partial charge in [0.15, 0.2) is 0 Å². The van der Waals surface area contributed by atoms with E-state index < -0.39 is 4.92 Å². The second kappa shape index (κ2) is 8.13. The molecule has 1 aromatic carbocycles. The van der Waals surface area contributed by atoms with E-state index in [1.807, 2.05) is 25.1 Å². The molecule has 1 aliphatic rings. The molecule has 0 spiro atoms. The van der Waals surface area contributed by atoms with Crippen LogP contribution in [0.5, 0.6) is 0 Å². The monoisotopic (exact) mass is 369 g/mol. The number of hydrogen-bond acceptors (Lipinski definition) is 6. The van der Waals surface area contributed by atoms with Crippen molar-refractivity contribution in [3.05, 3.63) is 64.0 Å². The summed E-state index contributed by atoms with van der Waals surface area (Å²) >= 11 is 0. The van der Waals surface area contributed by atoms with Gasteiger partial charge in [-0.25, -0.2) is 0 Å². The highest BCUT2D eigenvalue weighted by molar-refractivity contribution is 5.96. The Morgan fingerprint density at radius 2 is 2.26 bits per heavy atom. The Hall–Kier alpha value is -3.00. The molecule has 1 saturated heterocycles. The summed E-state index contributed by atoms with van der Waals surface area (Å²) < 4.78 is 0. The molecule has 1 amide bonds. The van der Waals surface area contributed by atoms with E-state index in [1.54, 1.807) is 23.2 Å². The van der Waals surface area contributed by atoms with Gasteiger partial charge in [-0.15, -0.1) is 0 Å². The number of amides is 1. The van der Waals surface area contributed by atoms with Crippen LogP contribution in [0.3, 0.4) is 0 Å². The number of pyridine rings is 1. The van der Waals surface area contributed by atoms with Gasteiger partial charge < -0.3 is 16.0 Å². The quantitative estimate of drug-likeness (QED) is 0.597. The van der Waals surface area contributed by atoms with Crippen LogP contribution in [0.2, 0.25) is 0 Å². The maximum atomic E-state index is 12.7. The second-order valence-electron chi connectivity index (χ2n) is 6.75. The first-order valence-corrected chi connectivity index (χ1v) is 8.95. The summed E-state index contributed by atoms with van der Waals surface area (Å²) in [4.78, 5) is 29.7. The Kier molecular flexibility index (Phi) is 5.66. The minimum absolute atomic E-state index is 0.127. The first-order chi connectivity index (χ1) is 13.0. The highest BCUT2D eigenvalue weighted by Crippen LogP contribution is 2.30. The zero-order chi connectivity index (χ0) is 19.4. The second-order valence-corrected chi connectivity index (χ2v) is 6.75. The van der Waals surface area contributed by atoms with Gasteiger partial charge in [0.1, 0.15) is 5.69 Å². The minimum atomic E-state index is -0.475. The molecule has 0 aliphatic carbocycles. The van der Waals surface area contributed by atoms with Crippen molar-refractivity contribution in [2.45, 2.75) is 19.4 Å². The lowest BCUT2D eigenvalue weighted by Crippen LogP contribution is -2.29. The first-order valence-electron chi connectivity index (χ1n) is 8.95. The van der Waals surface area contributed by atoms with Gasteiger partial charge in [0.05, 0.1) is 16.7 Å². The van der Waals surface area contributed by atoms with E-state index in [0.29, 0.717) is 36.8 Å². The Labute approximate surface area is 157 Å². The molecule has 2 atom stereocenters. The third kappa shape index (κ3) is 4.22. The van der Waals surface area contributed by atoms with Crippen LogP contribution in [0.4, 0.5) is 11.4 Å². The molecule has 2 aromatic rings. The van der Waals surface area contributed by atoms with Gasteiger partial charge in [-0.1, -0.05) is 6.07 Å². The molecule has 2 heterocycles. The number of benzene rings is 1. The van der Waals surface area contributed by atoms with Gasteiger partial charge in [0.2, 0.25) is 0 Å². The Morgan fingerprint density at radius 3 is 2.89 bits per heavy atom. The van der Waals surface area contributed by atoms with Crippen LogP contribution in [-0.4, -0.2) is 40.3 Å². The summed E-state index contributed by atoms with van der Waals surface area (Å²) in [6, 6.07) is 9.86. The summed E-state index contributed by atoms with van der Waals surface area (Å²) in [5.41, 5.74) is 6.99. The number of carbonyl (C=O) groups is 1. The zero-order valence-corrected chi connectivity index (χ0v) is 15.2. The van der Waals surface area contributed by atoms with E-state index in [0.717, 1.165) is 12.1 Å². The topological polar surface area (TPSA) is 114 Å². The lowest BCUT2D eigenvalue weighted by atomic mass is 10.1. The standard InChI is InChI=1S/C19H23N5O3/c1-13(16-4-2-3-8-21-16)22-17-6-5-15(10-18(17)24(26)27)19(25)23-9-7-14(11-20)12-23/h2-6,8,10,13-14,22H,7,9,11-12,20H2,1H3. The van der Waals surface area contributed by atoms with Crippen LogP contribution in [0.1, 0.15) is 35.4 Å². The number of nitrogens with zero attached hydrogens (tertiary/aromatic N) is 3. The number of aromatic nitrogens is 1. The highest BCUT2D eigenvalue weighted by Gasteiger charge is 2.27. The number of nitro benzene ring substituents is 1. The Morgan fingerprint density at radius 1 is 1.44 bits per heavy atom. The number of nitrogens with two attached hydrogens (primary N) is 1. The van der Waals surface area contributed by atoms with Crippen molar-refractivity contribution in [3.63, 3.8) is 0 Å². The lowest BCUT2D eigenvalue weighted by Gasteiger charge is -2.18. The van der Waals surface area contributed by atoms with Gasteiger partial charge in [-0.2, -0.15) is 0 Å². The van der Waals surface area contributed by atoms with Gasteiger partial charge in [-0.05, 0) is 50.1 Å². The summed E-state index contributed by atoms with van der Waals surface area (Å²) in [7, 11) is 0. The van der Waals surface area contributed by atoms with E-state index >= 15 is 0 Å². The average Bonchev–Trinajstić information content (AvgIpc) is 3.17. The van der Waals surface area contributed by atoms with Crippen LogP contribution in [0.25, 0.3) is 0 Å². The first kappa shape index (κ1) is 18.8. The molecule has 3 rings (SSSR count). The third-order valence-corrected chi connectivity index (χ3v) is 4.85. The number of likely N-dealkylation sites (tertiary alicyclic amines) is 1. The maximum Gasteiger partial charge on any atom is 0.293 e. The fourth-order valence-corrected chi connectivity index (χ4v) is 3.27. The molecule has 27 heavy (non-hydrogen) atoms. The van der Waals surface area contributed by atoms with Crippen LogP contribution < -0.4 is 11.1 Å². The molecule has 142 valence electrons. The van der Waals surface area contributed by atoms with Gasteiger partial charge in [-0.3, -0.25) is 19.9 Å². The summed E-state index contributed by atoms with van der Waals surface area (Å²) in [5, 5.41) is 14.7. The SMILES string of the molecule is CC(Nc1ccc(C(=O)N2CCC(CN)C2)cc1[N+](=O)[O-])c1ccccn1. The fourth-order valence-electron chi connectivity index (χ4n) is 3.27. The van der Waals surface area contributed by atoms with Crippen LogP contribution in [0, 0.1) is 16.0 Å². The number of anilines is 1. The molecule has 2 unspecified atom stereocenters. The zero-order valence-electron chi connectivity index (χ0n) is 15.2. The number of hydrogen-bond donors (Lipinski definition) is 2. The van der Waals surface area contributed by atoms with E-state index in [-0.39, 0.29) is 17.6 Å². The molecule has 0 bridgehead atoms. The van der Waals surface area contributed by atoms with Crippen molar-refractivity contribution in [2.24, 2.45) is 11.7 Å². The fraction of sp³-hybridized carbons (Fsp3) is 0.368. The maximum absolute atomic E-state index is 12.7. The largest absolute Gasteiger partial charge is 0.371 e. The van der Waals surface area contributed by atoms with Gasteiger partial charge in [0.25, 0.3) is 11.6 Å². The molecule has 1 aromatic heterocycles. The number of rotatable bonds is 6. The van der Waals surface area contributed by atoms with Crippen molar-refractivity contribution in [3.8, 4) is 0 Å². The van der Waals surface area contributed by atoms with E-state index in [4.69, 9.17) is 5.73 Å². The van der Waals surface area contributed by atoms with Crippen molar-refractivity contribution >= 4 is 17.3 Å². The molecule has 0 saturated carbocycles.